The zero-order chi connectivity index (χ0) is 17.6. The van der Waals surface area contributed by atoms with Crippen molar-refractivity contribution >= 4 is 34.0 Å². The van der Waals surface area contributed by atoms with Crippen LogP contribution in [-0.2, 0) is 9.53 Å². The molecule has 1 saturated heterocycles. The number of rotatable bonds is 6. The maximum atomic E-state index is 12.3. The maximum Gasteiger partial charge on any atom is 0.252 e. The van der Waals surface area contributed by atoms with E-state index in [1.54, 1.807) is 0 Å². The van der Waals surface area contributed by atoms with Gasteiger partial charge >= 0.3 is 0 Å². The lowest BCUT2D eigenvalue weighted by Gasteiger charge is -2.26. The normalized spacial score (nSPS) is 15.1. The van der Waals surface area contributed by atoms with E-state index in [0.717, 1.165) is 44.1 Å². The lowest BCUT2D eigenvalue weighted by molar-refractivity contribution is -0.113. The molecule has 0 saturated carbocycles. The van der Waals surface area contributed by atoms with Crippen LogP contribution in [0.3, 0.4) is 0 Å². The van der Waals surface area contributed by atoms with Crippen LogP contribution in [0.25, 0.3) is 11.3 Å². The number of halogens is 1. The number of thiazole rings is 1. The van der Waals surface area contributed by atoms with Crippen LogP contribution in [-0.4, -0.2) is 48.6 Å². The number of ether oxygens (including phenoxy) is 1. The van der Waals surface area contributed by atoms with Crippen LogP contribution in [0.4, 0.5) is 5.13 Å². The van der Waals surface area contributed by atoms with Crippen LogP contribution in [0, 0.1) is 0 Å². The molecule has 0 bridgehead atoms. The molecule has 1 aliphatic rings. The molecule has 5 nitrogen and oxygen atoms in total. The molecule has 1 fully saturated rings. The van der Waals surface area contributed by atoms with Crippen LogP contribution in [0.5, 0.6) is 0 Å². The van der Waals surface area contributed by atoms with Crippen molar-refractivity contribution in [1.82, 2.24) is 9.88 Å². The Hall–Kier alpha value is -1.73. The third-order valence-corrected chi connectivity index (χ3v) is 5.12. The standard InChI is InChI=1S/C18H20ClN3O2S/c1-13(6-7-22-8-10-24-11-9-22)17(23)21-18-20-16(12-25-18)14-4-2-3-5-15(14)19/h2-5,12H,1,6-11H2,(H,20,21,23). The van der Waals surface area contributed by atoms with Gasteiger partial charge < -0.3 is 4.74 Å². The van der Waals surface area contributed by atoms with E-state index in [0.29, 0.717) is 22.1 Å². The van der Waals surface area contributed by atoms with Gasteiger partial charge in [-0.2, -0.15) is 0 Å². The molecule has 1 amide bonds. The number of nitrogens with zero attached hydrogens (tertiary/aromatic N) is 2. The number of carbonyl (C=O) groups is 1. The Morgan fingerprint density at radius 3 is 2.88 bits per heavy atom. The van der Waals surface area contributed by atoms with Crippen molar-refractivity contribution in [3.63, 3.8) is 0 Å². The molecule has 1 aromatic heterocycles. The number of hydrogen-bond acceptors (Lipinski definition) is 5. The SMILES string of the molecule is C=C(CCN1CCOCC1)C(=O)Nc1nc(-c2ccccc2Cl)cs1. The Kier molecular flexibility index (Phi) is 6.20. The minimum absolute atomic E-state index is 0.187. The number of morpholine rings is 1. The molecule has 25 heavy (non-hydrogen) atoms. The van der Waals surface area contributed by atoms with E-state index in [-0.39, 0.29) is 5.91 Å². The summed E-state index contributed by atoms with van der Waals surface area (Å²) >= 11 is 7.56. The summed E-state index contributed by atoms with van der Waals surface area (Å²) in [5, 5.41) is 5.89. The summed E-state index contributed by atoms with van der Waals surface area (Å²) in [6, 6.07) is 7.51. The number of amides is 1. The van der Waals surface area contributed by atoms with Gasteiger partial charge in [0.2, 0.25) is 0 Å². The summed E-state index contributed by atoms with van der Waals surface area (Å²) in [4.78, 5) is 19.0. The first-order valence-electron chi connectivity index (χ1n) is 8.13. The lowest BCUT2D eigenvalue weighted by Crippen LogP contribution is -2.37. The highest BCUT2D eigenvalue weighted by atomic mass is 35.5. The zero-order valence-corrected chi connectivity index (χ0v) is 15.4. The van der Waals surface area contributed by atoms with E-state index in [4.69, 9.17) is 16.3 Å². The summed E-state index contributed by atoms with van der Waals surface area (Å²) < 4.78 is 5.32. The van der Waals surface area contributed by atoms with Crippen LogP contribution in [0.2, 0.25) is 5.02 Å². The summed E-state index contributed by atoms with van der Waals surface area (Å²) in [7, 11) is 0. The number of aromatic nitrogens is 1. The molecule has 3 rings (SSSR count). The van der Waals surface area contributed by atoms with Crippen LogP contribution < -0.4 is 5.32 Å². The predicted molar refractivity (Wildman–Crippen MR) is 102 cm³/mol. The van der Waals surface area contributed by atoms with Gasteiger partial charge in [0.15, 0.2) is 5.13 Å². The highest BCUT2D eigenvalue weighted by Crippen LogP contribution is 2.30. The van der Waals surface area contributed by atoms with Crippen molar-refractivity contribution in [2.45, 2.75) is 6.42 Å². The van der Waals surface area contributed by atoms with Crippen LogP contribution >= 0.6 is 22.9 Å². The number of hydrogen-bond donors (Lipinski definition) is 1. The zero-order valence-electron chi connectivity index (χ0n) is 13.8. The number of carbonyl (C=O) groups excluding carboxylic acids is 1. The number of nitrogens with one attached hydrogen (secondary N) is 1. The Labute approximate surface area is 156 Å². The predicted octanol–water partition coefficient (Wildman–Crippen LogP) is 3.68. The molecular weight excluding hydrogens is 358 g/mol. The minimum Gasteiger partial charge on any atom is -0.379 e. The van der Waals surface area contributed by atoms with Crippen molar-refractivity contribution in [1.29, 1.82) is 0 Å². The average Bonchev–Trinajstić information content (AvgIpc) is 3.09. The van der Waals surface area contributed by atoms with Crippen molar-refractivity contribution in [2.75, 3.05) is 38.2 Å². The molecule has 0 radical (unpaired) electrons. The van der Waals surface area contributed by atoms with Gasteiger partial charge in [0.25, 0.3) is 5.91 Å². The molecule has 2 heterocycles. The Balaban J connectivity index is 1.54. The molecule has 1 aliphatic heterocycles. The second kappa shape index (κ2) is 8.58. The first kappa shape index (κ1) is 18.1. The Bertz CT molecular complexity index is 756. The summed E-state index contributed by atoms with van der Waals surface area (Å²) in [5.74, 6) is -0.187. The molecule has 0 atom stereocenters. The lowest BCUT2D eigenvalue weighted by atomic mass is 10.2. The van der Waals surface area contributed by atoms with E-state index in [1.165, 1.54) is 11.3 Å². The Morgan fingerprint density at radius 2 is 2.12 bits per heavy atom. The smallest absolute Gasteiger partial charge is 0.252 e. The van der Waals surface area contributed by atoms with E-state index in [2.05, 4.69) is 21.8 Å². The molecule has 1 aromatic carbocycles. The molecule has 2 aromatic rings. The summed E-state index contributed by atoms with van der Waals surface area (Å²) in [6.45, 7) is 8.03. The molecule has 1 N–H and O–H groups in total. The summed E-state index contributed by atoms with van der Waals surface area (Å²) in [6.07, 6.45) is 0.634. The monoisotopic (exact) mass is 377 g/mol. The average molecular weight is 378 g/mol. The molecule has 0 unspecified atom stereocenters. The summed E-state index contributed by atoms with van der Waals surface area (Å²) in [5.41, 5.74) is 2.16. The van der Waals surface area contributed by atoms with Crippen LogP contribution in [0.15, 0.2) is 41.8 Å². The van der Waals surface area contributed by atoms with Gasteiger partial charge in [0.05, 0.1) is 18.9 Å². The van der Waals surface area contributed by atoms with E-state index in [9.17, 15) is 4.79 Å². The highest BCUT2D eigenvalue weighted by molar-refractivity contribution is 7.14. The van der Waals surface area contributed by atoms with E-state index >= 15 is 0 Å². The first-order chi connectivity index (χ1) is 12.1. The fourth-order valence-corrected chi connectivity index (χ4v) is 3.48. The highest BCUT2D eigenvalue weighted by Gasteiger charge is 2.15. The van der Waals surface area contributed by atoms with Crippen molar-refractivity contribution < 1.29 is 9.53 Å². The topological polar surface area (TPSA) is 54.5 Å². The Morgan fingerprint density at radius 1 is 1.36 bits per heavy atom. The van der Waals surface area contributed by atoms with Gasteiger partial charge in [-0.1, -0.05) is 36.4 Å². The molecule has 132 valence electrons. The van der Waals surface area contributed by atoms with Gasteiger partial charge in [0.1, 0.15) is 0 Å². The van der Waals surface area contributed by atoms with E-state index in [1.807, 2.05) is 29.6 Å². The second-order valence-corrected chi connectivity index (χ2v) is 7.04. The van der Waals surface area contributed by atoms with Crippen LogP contribution in [0.1, 0.15) is 6.42 Å². The third-order valence-electron chi connectivity index (χ3n) is 4.03. The van der Waals surface area contributed by atoms with Gasteiger partial charge in [-0.05, 0) is 12.5 Å². The molecular formula is C18H20ClN3O2S. The molecule has 0 aliphatic carbocycles. The second-order valence-electron chi connectivity index (χ2n) is 5.78. The van der Waals surface area contributed by atoms with Crippen molar-refractivity contribution in [2.24, 2.45) is 0 Å². The third kappa shape index (κ3) is 4.89. The van der Waals surface area contributed by atoms with Gasteiger partial charge in [-0.3, -0.25) is 15.0 Å². The quantitative estimate of drug-likeness (QED) is 0.780. The van der Waals surface area contributed by atoms with Gasteiger partial charge in [-0.25, -0.2) is 4.98 Å². The minimum atomic E-state index is -0.187. The van der Waals surface area contributed by atoms with E-state index < -0.39 is 0 Å². The van der Waals surface area contributed by atoms with Gasteiger partial charge in [0, 0.05) is 41.2 Å². The van der Waals surface area contributed by atoms with Crippen molar-refractivity contribution in [3.05, 3.63) is 46.8 Å². The largest absolute Gasteiger partial charge is 0.379 e. The van der Waals surface area contributed by atoms with Gasteiger partial charge in [-0.15, -0.1) is 11.3 Å². The first-order valence-corrected chi connectivity index (χ1v) is 9.39. The number of benzene rings is 1. The maximum absolute atomic E-state index is 12.3. The van der Waals surface area contributed by atoms with Crippen molar-refractivity contribution in [3.8, 4) is 11.3 Å². The molecule has 0 spiro atoms. The molecule has 7 heteroatoms. The fourth-order valence-electron chi connectivity index (χ4n) is 2.54. The number of anilines is 1. The fraction of sp³-hybridized carbons (Fsp3) is 0.333.